The number of hydrogen-bond acceptors (Lipinski definition) is 13. The molecule has 1 aromatic heterocycles. The average Bonchev–Trinajstić information content (AvgIpc) is 4.05. The number of nitrogens with zero attached hydrogens (tertiary/aromatic N) is 6. The smallest absolute Gasteiger partial charge is 0.255 e. The van der Waals surface area contributed by atoms with Gasteiger partial charge < -0.3 is 29.9 Å². The molecule has 5 fully saturated rings. The number of ether oxygens (including phenoxy) is 2. The number of carbonyl (C=O) groups excluding carboxylic acids is 3. The first-order valence-corrected chi connectivity index (χ1v) is 24.2. The number of hydrogen-bond donors (Lipinski definition) is 3. The molecule has 18 heteroatoms. The second kappa shape index (κ2) is 16.4. The van der Waals surface area contributed by atoms with Crippen molar-refractivity contribution in [3.05, 3.63) is 82.5 Å². The lowest BCUT2D eigenvalue weighted by molar-refractivity contribution is -0.137. The summed E-state index contributed by atoms with van der Waals surface area (Å²) < 4.78 is 38.4. The van der Waals surface area contributed by atoms with Crippen LogP contribution in [0.4, 0.5) is 34.5 Å². The first kappa shape index (κ1) is 42.3. The first-order valence-electron chi connectivity index (χ1n) is 22.0. The summed E-state index contributed by atoms with van der Waals surface area (Å²) in [6, 6.07) is 16.8. The predicted molar refractivity (Wildman–Crippen MR) is 244 cm³/mol. The van der Waals surface area contributed by atoms with E-state index < -0.39 is 22.0 Å². The molecular formula is C46H52ClN9O7S. The highest BCUT2D eigenvalue weighted by Gasteiger charge is 2.55. The Hall–Kier alpha value is -5.65. The minimum absolute atomic E-state index is 0.0898. The summed E-state index contributed by atoms with van der Waals surface area (Å²) in [6.45, 7) is 4.36. The van der Waals surface area contributed by atoms with Gasteiger partial charge in [-0.3, -0.25) is 28.9 Å². The van der Waals surface area contributed by atoms with E-state index in [0.717, 1.165) is 88.0 Å². The second-order valence-corrected chi connectivity index (χ2v) is 20.6. The number of anilines is 6. The van der Waals surface area contributed by atoms with Gasteiger partial charge in [0.25, 0.3) is 5.91 Å². The van der Waals surface area contributed by atoms with E-state index in [1.807, 2.05) is 12.1 Å². The fourth-order valence-electron chi connectivity index (χ4n) is 10.3. The van der Waals surface area contributed by atoms with Crippen LogP contribution in [0.2, 0.25) is 5.02 Å². The number of methoxy groups -OCH3 is 1. The highest BCUT2D eigenvalue weighted by atomic mass is 35.5. The van der Waals surface area contributed by atoms with Crippen molar-refractivity contribution in [2.75, 3.05) is 66.4 Å². The van der Waals surface area contributed by atoms with Gasteiger partial charge in [0.05, 0.1) is 49.3 Å². The van der Waals surface area contributed by atoms with Crippen molar-refractivity contribution in [1.82, 2.24) is 25.1 Å². The Morgan fingerprint density at radius 2 is 1.70 bits per heavy atom. The van der Waals surface area contributed by atoms with E-state index in [2.05, 4.69) is 47.9 Å². The lowest BCUT2D eigenvalue weighted by atomic mass is 9.61. The van der Waals surface area contributed by atoms with Gasteiger partial charge in [0, 0.05) is 74.0 Å². The number of imide groups is 1. The van der Waals surface area contributed by atoms with Crippen LogP contribution in [-0.2, 0) is 26.2 Å². The summed E-state index contributed by atoms with van der Waals surface area (Å²) in [7, 11) is -0.349. The van der Waals surface area contributed by atoms with Gasteiger partial charge in [0.1, 0.15) is 22.6 Å². The third-order valence-electron chi connectivity index (χ3n) is 13.9. The van der Waals surface area contributed by atoms with Crippen LogP contribution in [0.3, 0.4) is 0 Å². The molecule has 5 heterocycles. The van der Waals surface area contributed by atoms with Crippen LogP contribution in [-0.4, -0.2) is 111 Å². The highest BCUT2D eigenvalue weighted by Crippen LogP contribution is 2.52. The molecule has 3 N–H and O–H groups in total. The van der Waals surface area contributed by atoms with Gasteiger partial charge in [0.15, 0.2) is 5.82 Å². The monoisotopic (exact) mass is 909 g/mol. The van der Waals surface area contributed by atoms with Gasteiger partial charge in [-0.15, -0.1) is 0 Å². The normalized spacial score (nSPS) is 21.2. The summed E-state index contributed by atoms with van der Waals surface area (Å²) in [5.74, 6) is 1.61. The molecule has 1 unspecified atom stereocenters. The fraction of sp³-hybridized carbons (Fsp3) is 0.457. The van der Waals surface area contributed by atoms with E-state index in [4.69, 9.17) is 21.1 Å². The zero-order valence-electron chi connectivity index (χ0n) is 36.1. The molecule has 6 aliphatic rings. The van der Waals surface area contributed by atoms with Crippen molar-refractivity contribution < 1.29 is 32.3 Å². The Kier molecular flexibility index (Phi) is 10.8. The molecule has 3 aromatic carbocycles. The topological polar surface area (TPSA) is 179 Å². The zero-order chi connectivity index (χ0) is 44.5. The van der Waals surface area contributed by atoms with Crippen molar-refractivity contribution in [2.24, 2.45) is 5.41 Å². The third-order valence-corrected chi connectivity index (χ3v) is 15.4. The lowest BCUT2D eigenvalue weighted by Gasteiger charge is -2.61. The van der Waals surface area contributed by atoms with Crippen molar-refractivity contribution >= 4 is 73.9 Å². The Balaban J connectivity index is 0.749. The lowest BCUT2D eigenvalue weighted by Crippen LogP contribution is -2.67. The molecule has 3 saturated heterocycles. The van der Waals surface area contributed by atoms with E-state index >= 15 is 0 Å². The average molecular weight is 910 g/mol. The van der Waals surface area contributed by atoms with Crippen LogP contribution in [0.15, 0.2) is 60.8 Å². The number of carbonyl (C=O) groups is 3. The molecule has 4 aromatic rings. The van der Waals surface area contributed by atoms with E-state index in [1.165, 1.54) is 28.8 Å². The van der Waals surface area contributed by atoms with Crippen molar-refractivity contribution in [3.8, 4) is 11.5 Å². The number of benzene rings is 3. The van der Waals surface area contributed by atoms with Crippen LogP contribution < -0.4 is 34.6 Å². The van der Waals surface area contributed by atoms with E-state index in [9.17, 15) is 22.8 Å². The molecule has 1 atom stereocenters. The van der Waals surface area contributed by atoms with Crippen molar-refractivity contribution in [3.63, 3.8) is 0 Å². The SMILES string of the molecule is COc1cc(N2CCC(N3CC4(CC(Oc5cccc6c5CN(C5CCC(=O)NC5=O)C6=O)C4)C3)CC2)c(C2CC2)cc1Nc1ncc(Cl)c(Nc2ccccc2N(C)S(C)(=O)=O)n1. The molecule has 2 aliphatic carbocycles. The number of aromatic nitrogens is 2. The number of nitrogens with one attached hydrogen (secondary N) is 3. The minimum Gasteiger partial charge on any atom is -0.494 e. The molecule has 336 valence electrons. The second-order valence-electron chi connectivity index (χ2n) is 18.2. The maximum Gasteiger partial charge on any atom is 0.255 e. The molecule has 2 saturated carbocycles. The Morgan fingerprint density at radius 3 is 2.42 bits per heavy atom. The summed E-state index contributed by atoms with van der Waals surface area (Å²) in [5, 5.41) is 9.22. The molecule has 16 nitrogen and oxygen atoms in total. The fourth-order valence-corrected chi connectivity index (χ4v) is 10.9. The number of likely N-dealkylation sites (tertiary alicyclic amines) is 1. The summed E-state index contributed by atoms with van der Waals surface area (Å²) in [6.07, 6.45) is 9.69. The van der Waals surface area contributed by atoms with Gasteiger partial charge in [-0.25, -0.2) is 13.4 Å². The molecule has 1 spiro atoms. The maximum atomic E-state index is 13.3. The van der Waals surface area contributed by atoms with Gasteiger partial charge in [-0.1, -0.05) is 29.8 Å². The van der Waals surface area contributed by atoms with Crippen molar-refractivity contribution in [2.45, 2.75) is 82.0 Å². The number of piperidine rings is 2. The van der Waals surface area contributed by atoms with Crippen LogP contribution in [0.5, 0.6) is 11.5 Å². The number of rotatable bonds is 13. The van der Waals surface area contributed by atoms with Crippen LogP contribution in [0, 0.1) is 5.41 Å². The van der Waals surface area contributed by atoms with Crippen LogP contribution in [0.25, 0.3) is 0 Å². The van der Waals surface area contributed by atoms with Gasteiger partial charge in [-0.05, 0) is 86.8 Å². The largest absolute Gasteiger partial charge is 0.494 e. The Bertz CT molecular complexity index is 2640. The standard InChI is InChI=1S/C46H52ClN9O7S/c1-53(64(3,60)61)36-9-5-4-8-34(36)49-42-33(47)23-48-45(52-42)50-35-19-31(27-11-12-27)38(20-40(35)62-2)54-17-15-28(16-18-54)55-25-46(26-55)21-29(22-46)63-39-10-6-7-30-32(39)24-56(44(30)59)37-13-14-41(57)51-43(37)58/h4-10,19-20,23,27-29,37H,11-18,21-22,24-26H2,1-3H3,(H,51,57,58)(H2,48,49,50,52). The highest BCUT2D eigenvalue weighted by molar-refractivity contribution is 7.92. The number of fused-ring (bicyclic) bond motifs is 1. The number of halogens is 1. The molecule has 4 aliphatic heterocycles. The van der Waals surface area contributed by atoms with E-state index in [0.29, 0.717) is 59.4 Å². The molecule has 10 rings (SSSR count). The molecule has 64 heavy (non-hydrogen) atoms. The van der Waals surface area contributed by atoms with Crippen LogP contribution >= 0.6 is 11.6 Å². The van der Waals surface area contributed by atoms with Gasteiger partial charge in [0.2, 0.25) is 27.8 Å². The van der Waals surface area contributed by atoms with Gasteiger partial charge in [-0.2, -0.15) is 4.98 Å². The maximum absolute atomic E-state index is 13.3. The Morgan fingerprint density at radius 1 is 0.938 bits per heavy atom. The summed E-state index contributed by atoms with van der Waals surface area (Å²) >= 11 is 6.55. The minimum atomic E-state index is -3.51. The third kappa shape index (κ3) is 8.06. The van der Waals surface area contributed by atoms with Gasteiger partial charge >= 0.3 is 0 Å². The Labute approximate surface area is 377 Å². The molecular weight excluding hydrogens is 858 g/mol. The predicted octanol–water partition coefficient (Wildman–Crippen LogP) is 6.17. The van der Waals surface area contributed by atoms with Crippen LogP contribution in [0.1, 0.15) is 78.8 Å². The number of para-hydroxylation sites is 2. The molecule has 0 radical (unpaired) electrons. The zero-order valence-corrected chi connectivity index (χ0v) is 37.7. The first-order chi connectivity index (χ1) is 30.8. The molecule has 3 amide bonds. The number of amides is 3. The van der Waals surface area contributed by atoms with Crippen molar-refractivity contribution in [1.29, 1.82) is 0 Å². The quantitative estimate of drug-likeness (QED) is 0.130. The summed E-state index contributed by atoms with van der Waals surface area (Å²) in [4.78, 5) is 53.5. The summed E-state index contributed by atoms with van der Waals surface area (Å²) in [5.41, 5.74) is 5.89. The molecule has 0 bridgehead atoms. The van der Waals surface area contributed by atoms with E-state index in [-0.39, 0.29) is 34.8 Å². The number of sulfonamides is 1. The van der Waals surface area contributed by atoms with E-state index in [1.54, 1.807) is 42.3 Å².